The second-order valence-corrected chi connectivity index (χ2v) is 8.86. The molecule has 0 saturated carbocycles. The molecule has 0 N–H and O–H groups in total. The minimum Gasteiger partial charge on any atom is -0.494 e. The summed E-state index contributed by atoms with van der Waals surface area (Å²) < 4.78 is 50.9. The van der Waals surface area contributed by atoms with Crippen molar-refractivity contribution in [2.45, 2.75) is 57.7 Å². The molecule has 0 heterocycles. The van der Waals surface area contributed by atoms with Crippen molar-refractivity contribution in [2.75, 3.05) is 6.61 Å². The van der Waals surface area contributed by atoms with Gasteiger partial charge in [-0.3, -0.25) is 0 Å². The van der Waals surface area contributed by atoms with Crippen LogP contribution in [0.15, 0.2) is 84.9 Å². The van der Waals surface area contributed by atoms with Gasteiger partial charge in [0.1, 0.15) is 5.75 Å². The second-order valence-electron chi connectivity index (χ2n) is 8.86. The van der Waals surface area contributed by atoms with E-state index in [1.165, 1.54) is 50.3 Å². The third kappa shape index (κ3) is 9.45. The van der Waals surface area contributed by atoms with E-state index >= 15 is 0 Å². The zero-order valence-electron chi connectivity index (χ0n) is 21.0. The second kappa shape index (κ2) is 14.3. The van der Waals surface area contributed by atoms with Gasteiger partial charge in [0.25, 0.3) is 0 Å². The maximum atomic E-state index is 13.4. The first-order valence-corrected chi connectivity index (χ1v) is 12.7. The largest absolute Gasteiger partial charge is 0.494 e. The van der Waals surface area contributed by atoms with Crippen molar-refractivity contribution in [2.24, 2.45) is 0 Å². The minimum atomic E-state index is -4.72. The minimum absolute atomic E-state index is 0.0463. The van der Waals surface area contributed by atoms with Gasteiger partial charge in [-0.05, 0) is 53.5 Å². The van der Waals surface area contributed by atoms with Crippen molar-refractivity contribution in [1.29, 1.82) is 0 Å². The summed E-state index contributed by atoms with van der Waals surface area (Å²) in [6.45, 7) is 2.89. The third-order valence-corrected chi connectivity index (χ3v) is 5.89. The molecule has 0 aliphatic carbocycles. The number of ether oxygens (including phenoxy) is 2. The molecule has 6 heteroatoms. The number of benzene rings is 3. The first-order valence-electron chi connectivity index (χ1n) is 12.7. The van der Waals surface area contributed by atoms with Crippen LogP contribution in [0.4, 0.5) is 13.2 Å². The molecule has 0 amide bonds. The Hall–Kier alpha value is -3.54. The summed E-state index contributed by atoms with van der Waals surface area (Å²) in [5.41, 5.74) is 2.36. The Kier molecular flexibility index (Phi) is 10.8. The lowest BCUT2D eigenvalue weighted by atomic mass is 10.0. The van der Waals surface area contributed by atoms with Gasteiger partial charge in [-0.25, -0.2) is 4.79 Å². The van der Waals surface area contributed by atoms with Crippen LogP contribution in [0.2, 0.25) is 0 Å². The van der Waals surface area contributed by atoms with Crippen molar-refractivity contribution in [3.8, 4) is 16.9 Å². The van der Waals surface area contributed by atoms with Crippen LogP contribution in [0.3, 0.4) is 0 Å². The van der Waals surface area contributed by atoms with Gasteiger partial charge in [-0.2, -0.15) is 13.2 Å². The average Bonchev–Trinajstić information content (AvgIpc) is 2.91. The van der Waals surface area contributed by atoms with Crippen LogP contribution in [-0.2, 0) is 4.74 Å². The normalized spacial score (nSPS) is 12.4. The summed E-state index contributed by atoms with van der Waals surface area (Å²) in [5, 5.41) is 0. The highest BCUT2D eigenvalue weighted by Crippen LogP contribution is 2.27. The van der Waals surface area contributed by atoms with E-state index in [9.17, 15) is 18.0 Å². The lowest BCUT2D eigenvalue weighted by Gasteiger charge is -2.17. The Morgan fingerprint density at radius 1 is 0.811 bits per heavy atom. The average molecular weight is 511 g/mol. The predicted molar refractivity (Wildman–Crippen MR) is 141 cm³/mol. The van der Waals surface area contributed by atoms with Crippen LogP contribution in [0.25, 0.3) is 17.2 Å². The van der Waals surface area contributed by atoms with Gasteiger partial charge >= 0.3 is 12.1 Å². The van der Waals surface area contributed by atoms with Crippen molar-refractivity contribution < 1.29 is 27.4 Å². The van der Waals surface area contributed by atoms with Crippen molar-refractivity contribution in [1.82, 2.24) is 0 Å². The van der Waals surface area contributed by atoms with Gasteiger partial charge in [0.2, 0.25) is 6.10 Å². The van der Waals surface area contributed by atoms with Gasteiger partial charge in [-0.1, -0.05) is 99.7 Å². The van der Waals surface area contributed by atoms with Crippen LogP contribution in [0, 0.1) is 0 Å². The van der Waals surface area contributed by atoms with E-state index in [0.29, 0.717) is 12.2 Å². The molecular formula is C31H33F3O3. The monoisotopic (exact) mass is 510 g/mol. The molecule has 0 radical (unpaired) electrons. The Morgan fingerprint density at radius 2 is 1.41 bits per heavy atom. The third-order valence-electron chi connectivity index (χ3n) is 5.89. The number of esters is 1. The Morgan fingerprint density at radius 3 is 2.03 bits per heavy atom. The topological polar surface area (TPSA) is 35.5 Å². The highest BCUT2D eigenvalue weighted by atomic mass is 19.4. The van der Waals surface area contributed by atoms with Crippen LogP contribution < -0.4 is 4.74 Å². The van der Waals surface area contributed by atoms with Crippen LogP contribution >= 0.6 is 0 Å². The number of hydrogen-bond acceptors (Lipinski definition) is 3. The zero-order valence-corrected chi connectivity index (χ0v) is 21.0. The van der Waals surface area contributed by atoms with E-state index in [2.05, 4.69) is 6.92 Å². The van der Waals surface area contributed by atoms with E-state index in [-0.39, 0.29) is 5.56 Å². The number of rotatable bonds is 13. The molecule has 0 spiro atoms. The number of hydrogen-bond donors (Lipinski definition) is 0. The van der Waals surface area contributed by atoms with E-state index in [1.54, 1.807) is 42.5 Å². The molecule has 196 valence electrons. The van der Waals surface area contributed by atoms with Crippen molar-refractivity contribution in [3.05, 3.63) is 96.1 Å². The summed E-state index contributed by atoms with van der Waals surface area (Å²) in [4.78, 5) is 12.4. The van der Waals surface area contributed by atoms with Crippen LogP contribution in [0.1, 0.15) is 61.4 Å². The van der Waals surface area contributed by atoms with Gasteiger partial charge in [0.05, 0.1) is 12.2 Å². The lowest BCUT2D eigenvalue weighted by Crippen LogP contribution is -2.32. The molecule has 37 heavy (non-hydrogen) atoms. The van der Waals surface area contributed by atoms with Gasteiger partial charge < -0.3 is 9.47 Å². The number of carbonyl (C=O) groups excluding carboxylic acids is 1. The van der Waals surface area contributed by atoms with Crippen molar-refractivity contribution in [3.63, 3.8) is 0 Å². The first-order chi connectivity index (χ1) is 17.9. The molecule has 0 aliphatic heterocycles. The lowest BCUT2D eigenvalue weighted by molar-refractivity contribution is -0.188. The smallest absolute Gasteiger partial charge is 0.429 e. The van der Waals surface area contributed by atoms with Crippen LogP contribution in [-0.4, -0.2) is 24.9 Å². The Labute approximate surface area is 216 Å². The van der Waals surface area contributed by atoms with E-state index in [4.69, 9.17) is 9.47 Å². The van der Waals surface area contributed by atoms with E-state index in [1.807, 2.05) is 24.3 Å². The van der Waals surface area contributed by atoms with Crippen molar-refractivity contribution >= 4 is 12.0 Å². The summed E-state index contributed by atoms with van der Waals surface area (Å²) in [7, 11) is 0. The fraction of sp³-hybridized carbons (Fsp3) is 0.323. The quantitative estimate of drug-likeness (QED) is 0.170. The maximum Gasteiger partial charge on any atom is 0.429 e. The number of unbranched alkanes of at least 4 members (excludes halogenated alkanes) is 5. The highest BCUT2D eigenvalue weighted by molar-refractivity contribution is 5.90. The molecule has 0 aromatic heterocycles. The van der Waals surface area contributed by atoms with Gasteiger partial charge in [-0.15, -0.1) is 0 Å². The fourth-order valence-corrected chi connectivity index (χ4v) is 3.78. The van der Waals surface area contributed by atoms with Gasteiger partial charge in [0.15, 0.2) is 0 Å². The number of halogens is 3. The molecule has 1 atom stereocenters. The molecule has 0 unspecified atom stereocenters. The molecule has 3 aromatic carbocycles. The standard InChI is InChI=1S/C31H33F3O3/c1-2-3-4-5-6-10-23-36-28-20-18-26(19-21-28)25-14-16-27(17-15-25)30(35)37-29(31(32,33)34)22-13-24-11-8-7-9-12-24/h7-9,11-22,29H,2-6,10,23H2,1H3/b22-13-/t29-/m1/s1. The first kappa shape index (κ1) is 28.0. The molecular weight excluding hydrogens is 477 g/mol. The molecule has 0 aliphatic rings. The van der Waals surface area contributed by atoms with Crippen LogP contribution in [0.5, 0.6) is 5.75 Å². The molecule has 0 bridgehead atoms. The summed E-state index contributed by atoms with van der Waals surface area (Å²) in [6.07, 6.45) is 2.29. The SMILES string of the molecule is CCCCCCCCOc1ccc(-c2ccc(C(=O)O[C@H](/C=C\c3ccccc3)C(F)(F)F)cc2)cc1. The number of alkyl halides is 3. The molecule has 0 fully saturated rings. The predicted octanol–water partition coefficient (Wildman–Crippen LogP) is 8.89. The Balaban J connectivity index is 1.54. The molecule has 3 rings (SSSR count). The molecule has 0 saturated heterocycles. The van der Waals surface area contributed by atoms with E-state index in [0.717, 1.165) is 29.4 Å². The zero-order chi connectivity index (χ0) is 26.5. The fourth-order valence-electron chi connectivity index (χ4n) is 3.78. The van der Waals surface area contributed by atoms with Gasteiger partial charge in [0, 0.05) is 0 Å². The summed E-state index contributed by atoms with van der Waals surface area (Å²) in [6, 6.07) is 22.4. The molecule has 3 nitrogen and oxygen atoms in total. The maximum absolute atomic E-state index is 13.4. The molecule has 3 aromatic rings. The summed E-state index contributed by atoms with van der Waals surface area (Å²) in [5.74, 6) is -0.246. The van der Waals surface area contributed by atoms with E-state index < -0.39 is 18.2 Å². The summed E-state index contributed by atoms with van der Waals surface area (Å²) >= 11 is 0. The Bertz CT molecular complexity index is 1110. The highest BCUT2D eigenvalue weighted by Gasteiger charge is 2.41. The number of carbonyl (C=O) groups is 1.